The Hall–Kier alpha value is -3.19. The third kappa shape index (κ3) is 2.73. The summed E-state index contributed by atoms with van der Waals surface area (Å²) in [5.41, 5.74) is 4.31. The topological polar surface area (TPSA) is 60.5 Å². The molecule has 0 amide bonds. The smallest absolute Gasteiger partial charge is 0.338 e. The third-order valence-corrected chi connectivity index (χ3v) is 10.1. The van der Waals surface area contributed by atoms with Crippen LogP contribution in [0.1, 0.15) is 35.7 Å². The minimum Gasteiger partial charge on any atom is -0.493 e. The van der Waals surface area contributed by atoms with Gasteiger partial charge < -0.3 is 23.8 Å². The number of nitrogens with zero attached hydrogens (tertiary/aromatic N) is 2. The second kappa shape index (κ2) is 7.90. The second-order valence-electron chi connectivity index (χ2n) is 11.1. The van der Waals surface area contributed by atoms with Crippen LogP contribution in [0.4, 0.5) is 5.69 Å². The molecule has 5 fully saturated rings. The van der Waals surface area contributed by atoms with Crippen LogP contribution in [-0.2, 0) is 10.2 Å². The Morgan fingerprint density at radius 2 is 1.78 bits per heavy atom. The first-order valence-corrected chi connectivity index (χ1v) is 13.2. The van der Waals surface area contributed by atoms with Crippen LogP contribution in [0.25, 0.3) is 0 Å². The van der Waals surface area contributed by atoms with Gasteiger partial charge >= 0.3 is 5.97 Å². The van der Waals surface area contributed by atoms with E-state index in [-0.39, 0.29) is 29.4 Å². The normalized spacial score (nSPS) is 36.9. The zero-order chi connectivity index (χ0) is 25.6. The number of hydrogen-bond donors (Lipinski definition) is 0. The second-order valence-corrected chi connectivity index (χ2v) is 11.1. The first-order valence-electron chi connectivity index (χ1n) is 13.2. The number of hydrogen-bond acceptors (Lipinski definition) is 7. The summed E-state index contributed by atoms with van der Waals surface area (Å²) in [7, 11) is 6.91. The minimum atomic E-state index is -0.340. The fourth-order valence-corrected chi connectivity index (χ4v) is 8.89. The number of benzene rings is 2. The molecule has 6 bridgehead atoms. The Bertz CT molecular complexity index is 1300. The molecule has 8 rings (SSSR count). The van der Waals surface area contributed by atoms with Crippen LogP contribution in [0, 0.1) is 11.8 Å². The van der Waals surface area contributed by atoms with Crippen molar-refractivity contribution in [1.82, 2.24) is 4.90 Å². The van der Waals surface area contributed by atoms with Crippen molar-refractivity contribution in [1.29, 1.82) is 0 Å². The lowest BCUT2D eigenvalue weighted by atomic mass is 9.65. The molecule has 6 aliphatic rings. The van der Waals surface area contributed by atoms with Crippen molar-refractivity contribution >= 4 is 11.7 Å². The van der Waals surface area contributed by atoms with Gasteiger partial charge in [0.2, 0.25) is 5.75 Å². The van der Waals surface area contributed by atoms with Crippen molar-refractivity contribution in [3.63, 3.8) is 0 Å². The number of anilines is 1. The Balaban J connectivity index is 1.35. The van der Waals surface area contributed by atoms with Gasteiger partial charge in [-0.25, -0.2) is 4.79 Å². The number of allylic oxidation sites excluding steroid dienone is 1. The number of fused-ring (bicyclic) bond motifs is 2. The van der Waals surface area contributed by atoms with Crippen molar-refractivity contribution in [3.8, 4) is 17.2 Å². The van der Waals surface area contributed by atoms with Gasteiger partial charge in [0, 0.05) is 37.3 Å². The van der Waals surface area contributed by atoms with E-state index in [0.717, 1.165) is 19.4 Å². The van der Waals surface area contributed by atoms with Crippen LogP contribution < -0.4 is 19.1 Å². The predicted molar refractivity (Wildman–Crippen MR) is 140 cm³/mol. The van der Waals surface area contributed by atoms with E-state index in [4.69, 9.17) is 18.9 Å². The van der Waals surface area contributed by atoms with E-state index in [9.17, 15) is 4.79 Å². The Kier molecular flexibility index (Phi) is 4.91. The summed E-state index contributed by atoms with van der Waals surface area (Å²) in [6.07, 6.45) is 4.24. The fourth-order valence-electron chi connectivity index (χ4n) is 8.89. The average Bonchev–Trinajstić information content (AvgIpc) is 3.34. The summed E-state index contributed by atoms with van der Waals surface area (Å²) in [6.45, 7) is 3.19. The average molecular weight is 503 g/mol. The molecule has 1 saturated carbocycles. The molecule has 0 aromatic heterocycles. The molecule has 37 heavy (non-hydrogen) atoms. The number of para-hydroxylation sites is 1. The standard InChI is InChI=1S/C30H34N2O5/c1-6-16-15-32-21-13-18(16)25-22(32)14-30(19-9-7-8-10-20(19)31(2)27(21)30)28(25)37-29(33)17-11-23(34-3)26(36-5)24(12-17)35-4/h6-12,18,21-22,25,27-28H,13-15H2,1-5H3/t18-,21-,22-,25-,27-,28+,30+/m0/s1. The van der Waals surface area contributed by atoms with Gasteiger partial charge in [-0.2, -0.15) is 0 Å². The van der Waals surface area contributed by atoms with Crippen LogP contribution in [0.5, 0.6) is 17.2 Å². The molecular formula is C30H34N2O5. The van der Waals surface area contributed by atoms with E-state index in [1.54, 1.807) is 33.5 Å². The molecular weight excluding hydrogens is 468 g/mol. The number of rotatable bonds is 5. The summed E-state index contributed by atoms with van der Waals surface area (Å²) in [5, 5.41) is 0. The van der Waals surface area contributed by atoms with Gasteiger partial charge in [0.1, 0.15) is 6.10 Å². The van der Waals surface area contributed by atoms with E-state index in [1.165, 1.54) is 16.8 Å². The van der Waals surface area contributed by atoms with E-state index in [1.807, 2.05) is 0 Å². The maximum atomic E-state index is 13.9. The quantitative estimate of drug-likeness (QED) is 0.452. The van der Waals surface area contributed by atoms with Gasteiger partial charge in [0.25, 0.3) is 0 Å². The molecule has 4 saturated heterocycles. The van der Waals surface area contributed by atoms with Gasteiger partial charge in [0.15, 0.2) is 11.5 Å². The van der Waals surface area contributed by atoms with Gasteiger partial charge in [0.05, 0.1) is 38.3 Å². The van der Waals surface area contributed by atoms with Crippen molar-refractivity contribution in [3.05, 3.63) is 59.2 Å². The number of carbonyl (C=O) groups excluding carboxylic acids is 1. The zero-order valence-electron chi connectivity index (χ0n) is 22.1. The van der Waals surface area contributed by atoms with Gasteiger partial charge in [-0.05, 0) is 49.4 Å². The molecule has 0 radical (unpaired) electrons. The number of esters is 1. The Morgan fingerprint density at radius 3 is 2.46 bits per heavy atom. The largest absolute Gasteiger partial charge is 0.493 e. The Labute approximate surface area is 217 Å². The highest BCUT2D eigenvalue weighted by Gasteiger charge is 2.75. The number of piperidine rings is 4. The first-order chi connectivity index (χ1) is 18.0. The number of likely N-dealkylation sites (N-methyl/N-ethyl adjacent to an activating group) is 1. The number of carbonyl (C=O) groups is 1. The van der Waals surface area contributed by atoms with Gasteiger partial charge in [-0.15, -0.1) is 0 Å². The molecule has 1 aliphatic carbocycles. The monoisotopic (exact) mass is 502 g/mol. The van der Waals surface area contributed by atoms with Crippen molar-refractivity contribution in [2.75, 3.05) is 39.8 Å². The Morgan fingerprint density at radius 1 is 1.05 bits per heavy atom. The predicted octanol–water partition coefficient (Wildman–Crippen LogP) is 4.05. The van der Waals surface area contributed by atoms with Crippen LogP contribution in [0.15, 0.2) is 48.0 Å². The zero-order valence-corrected chi connectivity index (χ0v) is 22.1. The van der Waals surface area contributed by atoms with Crippen LogP contribution >= 0.6 is 0 Å². The van der Waals surface area contributed by atoms with Crippen molar-refractivity contribution in [2.24, 2.45) is 11.8 Å². The maximum Gasteiger partial charge on any atom is 0.338 e. The molecule has 1 unspecified atom stereocenters. The minimum absolute atomic E-state index is 0.212. The van der Waals surface area contributed by atoms with Crippen LogP contribution in [0.2, 0.25) is 0 Å². The lowest BCUT2D eigenvalue weighted by Gasteiger charge is -2.58. The highest BCUT2D eigenvalue weighted by molar-refractivity contribution is 5.91. The molecule has 7 heteroatoms. The maximum absolute atomic E-state index is 13.9. The summed E-state index contributed by atoms with van der Waals surface area (Å²) in [5.74, 6) is 1.75. The molecule has 8 atom stereocenters. The van der Waals surface area contributed by atoms with Crippen molar-refractivity contribution in [2.45, 2.75) is 49.4 Å². The number of methoxy groups -OCH3 is 3. The molecule has 0 N–H and O–H groups in total. The SMILES string of the molecule is CC=C1CN2[C@H]3C[C@@]45c6ccccc6N(C)[C@H]4[C@@H]2C[C@@H]1[C@@H]3[C@H]5OC(=O)c1cc(OC)c(OC)c(OC)c1. The molecule has 5 aliphatic heterocycles. The highest BCUT2D eigenvalue weighted by atomic mass is 16.5. The molecule has 194 valence electrons. The molecule has 7 nitrogen and oxygen atoms in total. The van der Waals surface area contributed by atoms with Crippen LogP contribution in [-0.4, -0.2) is 70.0 Å². The van der Waals surface area contributed by atoms with Crippen LogP contribution in [0.3, 0.4) is 0 Å². The summed E-state index contributed by atoms with van der Waals surface area (Å²) in [4.78, 5) is 19.1. The molecule has 1 spiro atoms. The van der Waals surface area contributed by atoms with E-state index >= 15 is 0 Å². The third-order valence-electron chi connectivity index (χ3n) is 10.1. The van der Waals surface area contributed by atoms with E-state index < -0.39 is 0 Å². The fraction of sp³-hybridized carbons (Fsp3) is 0.500. The highest BCUT2D eigenvalue weighted by Crippen LogP contribution is 2.68. The van der Waals surface area contributed by atoms with E-state index in [0.29, 0.717) is 40.8 Å². The summed E-state index contributed by atoms with van der Waals surface area (Å²) in [6, 6.07) is 13.3. The summed E-state index contributed by atoms with van der Waals surface area (Å²) < 4.78 is 23.2. The van der Waals surface area contributed by atoms with E-state index in [2.05, 4.69) is 54.1 Å². The molecule has 2 aromatic carbocycles. The lowest BCUT2D eigenvalue weighted by molar-refractivity contribution is -0.0390. The molecule has 5 heterocycles. The molecule has 2 aromatic rings. The van der Waals surface area contributed by atoms with Gasteiger partial charge in [-0.1, -0.05) is 29.8 Å². The summed E-state index contributed by atoms with van der Waals surface area (Å²) >= 11 is 0. The first kappa shape index (κ1) is 23.0. The lowest BCUT2D eigenvalue weighted by Crippen LogP contribution is -2.68. The van der Waals surface area contributed by atoms with Gasteiger partial charge in [-0.3, -0.25) is 4.90 Å². The number of ether oxygens (including phenoxy) is 4. The van der Waals surface area contributed by atoms with Crippen molar-refractivity contribution < 1.29 is 23.7 Å².